The Morgan fingerprint density at radius 3 is 2.68 bits per heavy atom. The van der Waals surface area contributed by atoms with E-state index in [2.05, 4.69) is 15.0 Å². The summed E-state index contributed by atoms with van der Waals surface area (Å²) in [6.45, 7) is 0.266. The average Bonchev–Trinajstić information content (AvgIpc) is 2.86. The van der Waals surface area contributed by atoms with E-state index in [-0.39, 0.29) is 42.2 Å². The van der Waals surface area contributed by atoms with Gasteiger partial charge in [0.2, 0.25) is 0 Å². The number of anilines is 1. The number of hydrogen-bond donors (Lipinski definition) is 2. The van der Waals surface area contributed by atoms with Gasteiger partial charge >= 0.3 is 6.61 Å². The van der Waals surface area contributed by atoms with Gasteiger partial charge in [0.1, 0.15) is 5.75 Å². The summed E-state index contributed by atoms with van der Waals surface area (Å²) in [7, 11) is 0. The van der Waals surface area contributed by atoms with Crippen molar-refractivity contribution in [1.82, 2.24) is 0 Å². The van der Waals surface area contributed by atoms with Gasteiger partial charge in [-0.15, -0.1) is 24.0 Å². The molecule has 0 bridgehead atoms. The van der Waals surface area contributed by atoms with Crippen LogP contribution in [0.3, 0.4) is 0 Å². The molecule has 0 aromatic heterocycles. The number of nitrogens with two attached hydrogens (primary N) is 1. The van der Waals surface area contributed by atoms with Crippen LogP contribution < -0.4 is 25.3 Å². The van der Waals surface area contributed by atoms with Crippen molar-refractivity contribution in [3.8, 4) is 17.2 Å². The molecule has 0 saturated heterocycles. The van der Waals surface area contributed by atoms with E-state index >= 15 is 0 Å². The maximum absolute atomic E-state index is 12.5. The average molecular weight is 505 g/mol. The molecule has 0 aliphatic carbocycles. The molecule has 0 atom stereocenters. The highest BCUT2D eigenvalue weighted by Gasteiger charge is 2.12. The molecule has 9 heteroatoms. The molecule has 1 aliphatic rings. The SMILES string of the molecule is Cc1ccc(OC(F)F)c(CN=C(N)Nc2ccc3c(c2)OCCCO3)c1.I. The van der Waals surface area contributed by atoms with Crippen molar-refractivity contribution < 1.29 is 23.0 Å². The van der Waals surface area contributed by atoms with Crippen LogP contribution in [0.5, 0.6) is 17.2 Å². The number of guanidine groups is 1. The van der Waals surface area contributed by atoms with E-state index in [4.69, 9.17) is 15.2 Å². The Labute approximate surface area is 179 Å². The lowest BCUT2D eigenvalue weighted by atomic mass is 10.1. The van der Waals surface area contributed by atoms with E-state index in [1.54, 1.807) is 30.3 Å². The third-order valence-electron chi connectivity index (χ3n) is 3.87. The molecule has 3 N–H and O–H groups in total. The first-order chi connectivity index (χ1) is 13.0. The largest absolute Gasteiger partial charge is 0.490 e. The third kappa shape index (κ3) is 6.11. The number of aliphatic imine (C=N–C) groups is 1. The van der Waals surface area contributed by atoms with Crippen LogP contribution in [0.15, 0.2) is 41.4 Å². The highest BCUT2D eigenvalue weighted by atomic mass is 127. The van der Waals surface area contributed by atoms with E-state index in [0.29, 0.717) is 36.0 Å². The molecule has 2 aromatic carbocycles. The first kappa shape index (κ1) is 22.0. The second-order valence-electron chi connectivity index (χ2n) is 6.03. The minimum atomic E-state index is -2.90. The van der Waals surface area contributed by atoms with Crippen LogP contribution in [0.25, 0.3) is 0 Å². The Morgan fingerprint density at radius 1 is 1.18 bits per heavy atom. The van der Waals surface area contributed by atoms with Crippen LogP contribution >= 0.6 is 24.0 Å². The van der Waals surface area contributed by atoms with E-state index in [1.165, 1.54) is 6.07 Å². The van der Waals surface area contributed by atoms with Gasteiger partial charge in [0.25, 0.3) is 0 Å². The Morgan fingerprint density at radius 2 is 1.93 bits per heavy atom. The number of benzene rings is 2. The molecule has 2 aromatic rings. The number of alkyl halides is 2. The van der Waals surface area contributed by atoms with Crippen LogP contribution in [0.4, 0.5) is 14.5 Å². The summed E-state index contributed by atoms with van der Waals surface area (Å²) >= 11 is 0. The van der Waals surface area contributed by atoms with Gasteiger partial charge in [0.05, 0.1) is 19.8 Å². The van der Waals surface area contributed by atoms with Crippen LogP contribution in [-0.4, -0.2) is 25.8 Å². The second kappa shape index (κ2) is 10.3. The summed E-state index contributed by atoms with van der Waals surface area (Å²) in [6, 6.07) is 10.3. The zero-order chi connectivity index (χ0) is 19.2. The fourth-order valence-electron chi connectivity index (χ4n) is 2.64. The second-order valence-corrected chi connectivity index (χ2v) is 6.03. The lowest BCUT2D eigenvalue weighted by Gasteiger charge is -2.12. The van der Waals surface area contributed by atoms with Gasteiger partial charge in [0, 0.05) is 23.7 Å². The fourth-order valence-corrected chi connectivity index (χ4v) is 2.64. The predicted molar refractivity (Wildman–Crippen MR) is 114 cm³/mol. The molecule has 1 aliphatic heterocycles. The molecule has 0 radical (unpaired) electrons. The first-order valence-corrected chi connectivity index (χ1v) is 8.52. The molecular weight excluding hydrogens is 483 g/mol. The van der Waals surface area contributed by atoms with E-state index < -0.39 is 6.61 Å². The molecule has 1 heterocycles. The number of ether oxygens (including phenoxy) is 3. The molecule has 3 rings (SSSR count). The topological polar surface area (TPSA) is 78.1 Å². The van der Waals surface area contributed by atoms with Crippen molar-refractivity contribution in [3.63, 3.8) is 0 Å². The highest BCUT2D eigenvalue weighted by molar-refractivity contribution is 14.0. The highest BCUT2D eigenvalue weighted by Crippen LogP contribution is 2.32. The first-order valence-electron chi connectivity index (χ1n) is 8.52. The van der Waals surface area contributed by atoms with Crippen LogP contribution in [0, 0.1) is 6.92 Å². The maximum Gasteiger partial charge on any atom is 0.387 e. The summed E-state index contributed by atoms with van der Waals surface area (Å²) in [4.78, 5) is 4.22. The van der Waals surface area contributed by atoms with Gasteiger partial charge in [-0.1, -0.05) is 17.7 Å². The summed E-state index contributed by atoms with van der Waals surface area (Å²) in [5.74, 6) is 1.55. The van der Waals surface area contributed by atoms with Crippen LogP contribution in [0.2, 0.25) is 0 Å². The van der Waals surface area contributed by atoms with Gasteiger partial charge in [-0.2, -0.15) is 8.78 Å². The van der Waals surface area contributed by atoms with Crippen molar-refractivity contribution in [2.75, 3.05) is 18.5 Å². The monoisotopic (exact) mass is 505 g/mol. The van der Waals surface area contributed by atoms with Gasteiger partial charge in [-0.25, -0.2) is 4.99 Å². The lowest BCUT2D eigenvalue weighted by Crippen LogP contribution is -2.22. The maximum atomic E-state index is 12.5. The molecule has 0 unspecified atom stereocenters. The molecule has 28 heavy (non-hydrogen) atoms. The minimum absolute atomic E-state index is 0. The normalized spacial score (nSPS) is 13.5. The van der Waals surface area contributed by atoms with E-state index in [0.717, 1.165) is 12.0 Å². The zero-order valence-corrected chi connectivity index (χ0v) is 17.6. The van der Waals surface area contributed by atoms with Gasteiger partial charge in [0.15, 0.2) is 17.5 Å². The van der Waals surface area contributed by atoms with E-state index in [9.17, 15) is 8.78 Å². The standard InChI is InChI=1S/C19H21F2N3O3.HI/c1-12-3-5-15(27-18(20)21)13(9-12)11-23-19(22)24-14-4-6-16-17(10-14)26-8-2-7-25-16;/h3-6,9-10,18H,2,7-8,11H2,1H3,(H3,22,23,24);1H. The van der Waals surface area contributed by atoms with Crippen molar-refractivity contribution in [2.45, 2.75) is 26.5 Å². The number of nitrogens with one attached hydrogen (secondary N) is 1. The summed E-state index contributed by atoms with van der Waals surface area (Å²) in [6.07, 6.45) is 0.820. The molecule has 152 valence electrons. The molecule has 6 nitrogen and oxygen atoms in total. The molecular formula is C19H22F2IN3O3. The van der Waals surface area contributed by atoms with Gasteiger partial charge < -0.3 is 25.3 Å². The zero-order valence-electron chi connectivity index (χ0n) is 15.3. The third-order valence-corrected chi connectivity index (χ3v) is 3.87. The fraction of sp³-hybridized carbons (Fsp3) is 0.316. The number of rotatable bonds is 5. The van der Waals surface area contributed by atoms with Crippen LogP contribution in [0.1, 0.15) is 17.5 Å². The van der Waals surface area contributed by atoms with Gasteiger partial charge in [-0.3, -0.25) is 0 Å². The summed E-state index contributed by atoms with van der Waals surface area (Å²) in [5.41, 5.74) is 8.06. The molecule has 0 amide bonds. The number of halogens is 3. The predicted octanol–water partition coefficient (Wildman–Crippen LogP) is 4.30. The van der Waals surface area contributed by atoms with Crippen molar-refractivity contribution in [1.29, 1.82) is 0 Å². The smallest absolute Gasteiger partial charge is 0.387 e. The quantitative estimate of drug-likeness (QED) is 0.360. The molecule has 0 spiro atoms. The number of aryl methyl sites for hydroxylation is 1. The lowest BCUT2D eigenvalue weighted by molar-refractivity contribution is -0.0504. The van der Waals surface area contributed by atoms with E-state index in [1.807, 2.05) is 6.92 Å². The Hall–Kier alpha value is -2.30. The Balaban J connectivity index is 0.00000280. The number of fused-ring (bicyclic) bond motifs is 1. The van der Waals surface area contributed by atoms with Crippen LogP contribution in [-0.2, 0) is 6.54 Å². The molecule has 0 saturated carbocycles. The Kier molecular flexibility index (Phi) is 8.09. The summed E-state index contributed by atoms with van der Waals surface area (Å²) < 4.78 is 40.8. The number of hydrogen-bond acceptors (Lipinski definition) is 4. The van der Waals surface area contributed by atoms with Crippen molar-refractivity contribution >= 4 is 35.6 Å². The van der Waals surface area contributed by atoms with Crippen molar-refractivity contribution in [2.24, 2.45) is 10.7 Å². The van der Waals surface area contributed by atoms with Gasteiger partial charge in [-0.05, 0) is 25.1 Å². The minimum Gasteiger partial charge on any atom is -0.490 e. The number of nitrogens with zero attached hydrogens (tertiary/aromatic N) is 1. The molecule has 0 fully saturated rings. The van der Waals surface area contributed by atoms with Crippen molar-refractivity contribution in [3.05, 3.63) is 47.5 Å². The Bertz CT molecular complexity index is 834. The summed E-state index contributed by atoms with van der Waals surface area (Å²) in [5, 5.41) is 2.96.